The van der Waals surface area contributed by atoms with Crippen LogP contribution in [0.2, 0.25) is 0 Å². The Balaban J connectivity index is 4.00. The zero-order valence-corrected chi connectivity index (χ0v) is 11.3. The topological polar surface area (TPSA) is 105 Å². The van der Waals surface area contributed by atoms with Gasteiger partial charge in [-0.3, -0.25) is 9.59 Å². The van der Waals surface area contributed by atoms with Gasteiger partial charge in [-0.25, -0.2) is 4.79 Å². The monoisotopic (exact) mass is 276 g/mol. The number of amides is 2. The minimum absolute atomic E-state index is 0.0875. The largest absolute Gasteiger partial charge is 0.481 e. The molecule has 0 spiro atoms. The highest BCUT2D eigenvalue weighted by atomic mass is 16.5. The van der Waals surface area contributed by atoms with Gasteiger partial charge in [0.15, 0.2) is 0 Å². The summed E-state index contributed by atoms with van der Waals surface area (Å²) in [4.78, 5) is 34.3. The molecule has 2 amide bonds. The van der Waals surface area contributed by atoms with Crippen LogP contribution in [0.3, 0.4) is 0 Å². The van der Waals surface area contributed by atoms with E-state index >= 15 is 0 Å². The number of methoxy groups -OCH3 is 2. The molecule has 1 unspecified atom stereocenters. The summed E-state index contributed by atoms with van der Waals surface area (Å²) in [6, 6.07) is -0.406. The Labute approximate surface area is 111 Å². The van der Waals surface area contributed by atoms with E-state index in [2.05, 4.69) is 10.1 Å². The number of hydrogen-bond acceptors (Lipinski definition) is 5. The van der Waals surface area contributed by atoms with Gasteiger partial charge in [-0.2, -0.15) is 0 Å². The Morgan fingerprint density at radius 2 is 1.95 bits per heavy atom. The molecule has 19 heavy (non-hydrogen) atoms. The summed E-state index contributed by atoms with van der Waals surface area (Å²) in [5.74, 6) is -1.40. The Morgan fingerprint density at radius 1 is 1.32 bits per heavy atom. The third kappa shape index (κ3) is 7.98. The second-order valence-electron chi connectivity index (χ2n) is 3.89. The van der Waals surface area contributed by atoms with E-state index in [0.29, 0.717) is 0 Å². The highest BCUT2D eigenvalue weighted by Gasteiger charge is 2.15. The predicted octanol–water partition coefficient (Wildman–Crippen LogP) is -0.319. The first-order valence-electron chi connectivity index (χ1n) is 5.71. The molecule has 0 aromatic heterocycles. The van der Waals surface area contributed by atoms with Gasteiger partial charge in [0, 0.05) is 27.2 Å². The van der Waals surface area contributed by atoms with Crippen molar-refractivity contribution in [3.8, 4) is 0 Å². The second-order valence-corrected chi connectivity index (χ2v) is 3.89. The van der Waals surface area contributed by atoms with Crippen LogP contribution in [0.5, 0.6) is 0 Å². The normalized spacial score (nSPS) is 11.5. The van der Waals surface area contributed by atoms with Crippen LogP contribution in [0.15, 0.2) is 0 Å². The third-order valence-electron chi connectivity index (χ3n) is 2.44. The summed E-state index contributed by atoms with van der Waals surface area (Å²) in [5, 5.41) is 11.1. The van der Waals surface area contributed by atoms with Crippen molar-refractivity contribution in [2.75, 3.05) is 34.4 Å². The first kappa shape index (κ1) is 17.2. The number of nitrogens with one attached hydrogen (secondary N) is 1. The molecule has 0 saturated heterocycles. The Bertz CT molecular complexity index is 320. The number of carboxylic acids is 1. The highest BCUT2D eigenvalue weighted by molar-refractivity contribution is 5.75. The Kier molecular flexibility index (Phi) is 8.27. The number of ether oxygens (including phenoxy) is 2. The highest BCUT2D eigenvalue weighted by Crippen LogP contribution is 1.97. The van der Waals surface area contributed by atoms with Gasteiger partial charge in [-0.05, 0) is 0 Å². The van der Waals surface area contributed by atoms with E-state index in [4.69, 9.17) is 9.84 Å². The lowest BCUT2D eigenvalue weighted by atomic mass is 10.2. The zero-order chi connectivity index (χ0) is 14.8. The Morgan fingerprint density at radius 3 is 2.42 bits per heavy atom. The Hall–Kier alpha value is -1.83. The molecule has 110 valence electrons. The average Bonchev–Trinajstić information content (AvgIpc) is 2.39. The van der Waals surface area contributed by atoms with E-state index in [1.165, 1.54) is 26.2 Å². The molecule has 0 aromatic rings. The molecule has 0 fully saturated rings. The lowest BCUT2D eigenvalue weighted by Crippen LogP contribution is -2.42. The summed E-state index contributed by atoms with van der Waals surface area (Å²) in [7, 11) is 4.18. The maximum Gasteiger partial charge on any atom is 0.317 e. The molecular weight excluding hydrogens is 256 g/mol. The van der Waals surface area contributed by atoms with Gasteiger partial charge >= 0.3 is 18.0 Å². The number of nitrogens with zero attached hydrogens (tertiary/aromatic N) is 1. The molecule has 0 aliphatic rings. The third-order valence-corrected chi connectivity index (χ3v) is 2.44. The van der Waals surface area contributed by atoms with E-state index in [9.17, 15) is 14.4 Å². The number of urea groups is 1. The quantitative estimate of drug-likeness (QED) is 0.589. The number of hydrogen-bond donors (Lipinski definition) is 2. The summed E-state index contributed by atoms with van der Waals surface area (Å²) >= 11 is 0. The molecule has 0 heterocycles. The number of carbonyl (C=O) groups excluding carboxylic acids is 2. The second kappa shape index (κ2) is 9.15. The van der Waals surface area contributed by atoms with E-state index in [1.807, 2.05) is 0 Å². The molecule has 0 aliphatic heterocycles. The maximum absolute atomic E-state index is 11.6. The molecule has 8 nitrogen and oxygen atoms in total. The number of esters is 1. The molecule has 0 radical (unpaired) electrons. The lowest BCUT2D eigenvalue weighted by molar-refractivity contribution is -0.141. The van der Waals surface area contributed by atoms with Gasteiger partial charge in [-0.1, -0.05) is 0 Å². The summed E-state index contributed by atoms with van der Waals surface area (Å²) in [6.07, 6.45) is -0.679. The molecule has 0 rings (SSSR count). The number of carbonyl (C=O) groups is 3. The van der Waals surface area contributed by atoms with Crippen molar-refractivity contribution in [3.05, 3.63) is 0 Å². The molecule has 2 N–H and O–H groups in total. The standard InChI is InChI=1S/C11H20N2O6/c1-13(5-4-10(16)19-3)11(17)12-7-8(18-2)6-9(14)15/h8H,4-7H2,1-3H3,(H,12,17)(H,14,15). The van der Waals surface area contributed by atoms with Gasteiger partial charge in [0.05, 0.1) is 26.1 Å². The average molecular weight is 276 g/mol. The van der Waals surface area contributed by atoms with Crippen LogP contribution in [0.4, 0.5) is 4.79 Å². The minimum atomic E-state index is -1.000. The molecule has 0 aromatic carbocycles. The van der Waals surface area contributed by atoms with Crippen LogP contribution in [0, 0.1) is 0 Å². The number of rotatable bonds is 8. The molecular formula is C11H20N2O6. The van der Waals surface area contributed by atoms with E-state index in [-0.39, 0.29) is 25.9 Å². The maximum atomic E-state index is 11.6. The van der Waals surface area contributed by atoms with E-state index in [1.54, 1.807) is 0 Å². The zero-order valence-electron chi connectivity index (χ0n) is 11.3. The van der Waals surface area contributed by atoms with Crippen LogP contribution in [-0.4, -0.2) is 68.4 Å². The van der Waals surface area contributed by atoms with Gasteiger partial charge < -0.3 is 24.8 Å². The van der Waals surface area contributed by atoms with Crippen molar-refractivity contribution in [1.29, 1.82) is 0 Å². The van der Waals surface area contributed by atoms with Crippen LogP contribution < -0.4 is 5.32 Å². The summed E-state index contributed by atoms with van der Waals surface area (Å²) in [5.41, 5.74) is 0. The van der Waals surface area contributed by atoms with Crippen LogP contribution in [0.25, 0.3) is 0 Å². The van der Waals surface area contributed by atoms with Gasteiger partial charge in [-0.15, -0.1) is 0 Å². The fourth-order valence-corrected chi connectivity index (χ4v) is 1.23. The number of aliphatic carboxylic acids is 1. The molecule has 0 bridgehead atoms. The molecule has 1 atom stereocenters. The van der Waals surface area contributed by atoms with Crippen molar-refractivity contribution in [2.45, 2.75) is 18.9 Å². The SMILES string of the molecule is COC(=O)CCN(C)C(=O)NCC(CC(=O)O)OC. The van der Waals surface area contributed by atoms with Gasteiger partial charge in [0.25, 0.3) is 0 Å². The van der Waals surface area contributed by atoms with Crippen LogP contribution >= 0.6 is 0 Å². The van der Waals surface area contributed by atoms with Gasteiger partial charge in [0.1, 0.15) is 0 Å². The van der Waals surface area contributed by atoms with E-state index in [0.717, 1.165) is 0 Å². The molecule has 8 heteroatoms. The molecule has 0 saturated carbocycles. The van der Waals surface area contributed by atoms with Crippen molar-refractivity contribution in [2.24, 2.45) is 0 Å². The predicted molar refractivity (Wildman–Crippen MR) is 65.7 cm³/mol. The summed E-state index contributed by atoms with van der Waals surface area (Å²) < 4.78 is 9.38. The van der Waals surface area contributed by atoms with Crippen molar-refractivity contribution >= 4 is 18.0 Å². The van der Waals surface area contributed by atoms with Crippen LogP contribution in [-0.2, 0) is 19.1 Å². The van der Waals surface area contributed by atoms with Crippen molar-refractivity contribution < 1.29 is 29.0 Å². The van der Waals surface area contributed by atoms with Crippen molar-refractivity contribution in [1.82, 2.24) is 10.2 Å². The van der Waals surface area contributed by atoms with Crippen LogP contribution in [0.1, 0.15) is 12.8 Å². The van der Waals surface area contributed by atoms with E-state index < -0.39 is 24.1 Å². The first-order valence-corrected chi connectivity index (χ1v) is 5.71. The number of carboxylic acid groups (broad SMARTS) is 1. The fourth-order valence-electron chi connectivity index (χ4n) is 1.23. The lowest BCUT2D eigenvalue weighted by Gasteiger charge is -2.19. The smallest absolute Gasteiger partial charge is 0.317 e. The van der Waals surface area contributed by atoms with Gasteiger partial charge in [0.2, 0.25) is 0 Å². The molecule has 0 aliphatic carbocycles. The summed E-state index contributed by atoms with van der Waals surface area (Å²) in [6.45, 7) is 0.305. The first-order chi connectivity index (χ1) is 8.90. The fraction of sp³-hybridized carbons (Fsp3) is 0.727. The van der Waals surface area contributed by atoms with Crippen molar-refractivity contribution in [3.63, 3.8) is 0 Å². The minimum Gasteiger partial charge on any atom is -0.481 e.